The Morgan fingerprint density at radius 1 is 1.00 bits per heavy atom. The summed E-state index contributed by atoms with van der Waals surface area (Å²) in [5, 5.41) is 2.72. The summed E-state index contributed by atoms with van der Waals surface area (Å²) in [7, 11) is 0. The molecular weight excluding hydrogens is 345 g/mol. The van der Waals surface area contributed by atoms with Crippen molar-refractivity contribution in [1.82, 2.24) is 0 Å². The van der Waals surface area contributed by atoms with Crippen molar-refractivity contribution >= 4 is 17.6 Å². The van der Waals surface area contributed by atoms with Crippen molar-refractivity contribution in [1.29, 1.82) is 0 Å². The zero-order chi connectivity index (χ0) is 18.8. The summed E-state index contributed by atoms with van der Waals surface area (Å²) in [4.78, 5) is 24.8. The molecule has 0 aromatic heterocycles. The van der Waals surface area contributed by atoms with Gasteiger partial charge in [0.15, 0.2) is 0 Å². The Hall–Kier alpha value is -3.47. The number of carbonyl (C=O) groups excluding carboxylic acids is 2. The first-order valence-corrected chi connectivity index (χ1v) is 8.56. The lowest BCUT2D eigenvalue weighted by Gasteiger charge is -2.25. The van der Waals surface area contributed by atoms with E-state index in [1.807, 2.05) is 30.3 Å². The van der Waals surface area contributed by atoms with E-state index < -0.39 is 5.97 Å². The van der Waals surface area contributed by atoms with E-state index in [0.717, 1.165) is 11.1 Å². The Kier molecular flexibility index (Phi) is 4.42. The van der Waals surface area contributed by atoms with Gasteiger partial charge in [0, 0.05) is 17.7 Å². The fourth-order valence-electron chi connectivity index (χ4n) is 3.13. The molecule has 4 rings (SSSR count). The van der Waals surface area contributed by atoms with Gasteiger partial charge >= 0.3 is 5.97 Å². The van der Waals surface area contributed by atoms with E-state index in [2.05, 4.69) is 5.32 Å². The average molecular weight is 361 g/mol. The van der Waals surface area contributed by atoms with Crippen LogP contribution in [0.3, 0.4) is 0 Å². The largest absolute Gasteiger partial charge is 0.454 e. The molecule has 0 bridgehead atoms. The number of halogens is 1. The van der Waals surface area contributed by atoms with Crippen LogP contribution in [-0.2, 0) is 11.2 Å². The van der Waals surface area contributed by atoms with Crippen molar-refractivity contribution in [2.24, 2.45) is 0 Å². The Balaban J connectivity index is 1.58. The number of hydrogen-bond donors (Lipinski definition) is 1. The van der Waals surface area contributed by atoms with Crippen LogP contribution < -0.4 is 5.32 Å². The van der Waals surface area contributed by atoms with Gasteiger partial charge < -0.3 is 10.1 Å². The summed E-state index contributed by atoms with van der Waals surface area (Å²) in [5.41, 5.74) is 3.09. The topological polar surface area (TPSA) is 55.4 Å². The highest BCUT2D eigenvalue weighted by Crippen LogP contribution is 2.31. The summed E-state index contributed by atoms with van der Waals surface area (Å²) in [6.07, 6.45) is 0.129. The van der Waals surface area contributed by atoms with Crippen LogP contribution in [-0.4, -0.2) is 11.9 Å². The number of esters is 1. The van der Waals surface area contributed by atoms with Crippen molar-refractivity contribution in [3.05, 3.63) is 101 Å². The summed E-state index contributed by atoms with van der Waals surface area (Å²) < 4.78 is 18.5. The smallest absolute Gasteiger partial charge is 0.339 e. The van der Waals surface area contributed by atoms with Gasteiger partial charge in [0.05, 0.1) is 5.56 Å². The second-order valence-electron chi connectivity index (χ2n) is 6.34. The minimum absolute atomic E-state index is 0.320. The summed E-state index contributed by atoms with van der Waals surface area (Å²) in [5.74, 6) is -1.08. The Bertz CT molecular complexity index is 1000. The SMILES string of the molecule is O=C(Nc1ccc(F)cc1)c1ccc2c(c1)C[C@@H](c1ccccc1)OC2=O. The molecule has 0 fully saturated rings. The van der Waals surface area contributed by atoms with Crippen LogP contribution in [0.25, 0.3) is 0 Å². The molecule has 0 saturated heterocycles. The first kappa shape index (κ1) is 17.0. The van der Waals surface area contributed by atoms with Gasteiger partial charge in [0.2, 0.25) is 0 Å². The van der Waals surface area contributed by atoms with Crippen LogP contribution >= 0.6 is 0 Å². The van der Waals surface area contributed by atoms with E-state index in [4.69, 9.17) is 4.74 Å². The van der Waals surface area contributed by atoms with Crippen LogP contribution in [0.1, 0.15) is 37.9 Å². The third kappa shape index (κ3) is 3.58. The quantitative estimate of drug-likeness (QED) is 0.697. The van der Waals surface area contributed by atoms with Crippen molar-refractivity contribution in [3.63, 3.8) is 0 Å². The van der Waals surface area contributed by atoms with Crippen LogP contribution in [0.4, 0.5) is 10.1 Å². The molecule has 1 N–H and O–H groups in total. The molecule has 1 aliphatic rings. The van der Waals surface area contributed by atoms with E-state index in [1.165, 1.54) is 24.3 Å². The van der Waals surface area contributed by atoms with Crippen LogP contribution in [0.15, 0.2) is 72.8 Å². The fourth-order valence-corrected chi connectivity index (χ4v) is 3.13. The highest BCUT2D eigenvalue weighted by Gasteiger charge is 2.28. The van der Waals surface area contributed by atoms with Crippen LogP contribution in [0, 0.1) is 5.82 Å². The standard InChI is InChI=1S/C22H16FNO3/c23-17-7-9-18(10-8-17)24-21(25)15-6-11-19-16(12-15)13-20(27-22(19)26)14-4-2-1-3-5-14/h1-12,20H,13H2,(H,24,25)/t20-/m0/s1. The van der Waals surface area contributed by atoms with Crippen molar-refractivity contribution in [2.75, 3.05) is 5.32 Å². The van der Waals surface area contributed by atoms with Crippen molar-refractivity contribution in [3.8, 4) is 0 Å². The molecule has 3 aromatic rings. The van der Waals surface area contributed by atoms with Gasteiger partial charge in [-0.1, -0.05) is 30.3 Å². The minimum Gasteiger partial charge on any atom is -0.454 e. The second-order valence-corrected chi connectivity index (χ2v) is 6.34. The molecule has 0 unspecified atom stereocenters. The van der Waals surface area contributed by atoms with E-state index in [9.17, 15) is 14.0 Å². The zero-order valence-electron chi connectivity index (χ0n) is 14.3. The number of anilines is 1. The minimum atomic E-state index is -0.393. The molecule has 134 valence electrons. The third-order valence-electron chi connectivity index (χ3n) is 4.52. The molecule has 27 heavy (non-hydrogen) atoms. The molecule has 0 aliphatic carbocycles. The highest BCUT2D eigenvalue weighted by atomic mass is 19.1. The molecule has 1 heterocycles. The average Bonchev–Trinajstić information content (AvgIpc) is 2.70. The normalized spacial score (nSPS) is 15.6. The lowest BCUT2D eigenvalue weighted by molar-refractivity contribution is 0.0252. The maximum atomic E-state index is 13.0. The first-order valence-electron chi connectivity index (χ1n) is 8.56. The number of benzene rings is 3. The molecular formula is C22H16FNO3. The maximum absolute atomic E-state index is 13.0. The molecule has 1 aliphatic heterocycles. The number of fused-ring (bicyclic) bond motifs is 1. The van der Waals surface area contributed by atoms with Crippen molar-refractivity contribution in [2.45, 2.75) is 12.5 Å². The van der Waals surface area contributed by atoms with Gasteiger partial charge in [-0.3, -0.25) is 4.79 Å². The number of cyclic esters (lactones) is 1. The monoisotopic (exact) mass is 361 g/mol. The number of ether oxygens (including phenoxy) is 1. The molecule has 1 atom stereocenters. The van der Waals surface area contributed by atoms with Crippen LogP contribution in [0.2, 0.25) is 0 Å². The number of amides is 1. The number of rotatable bonds is 3. The van der Waals surface area contributed by atoms with E-state index in [-0.39, 0.29) is 17.8 Å². The Morgan fingerprint density at radius 3 is 2.48 bits per heavy atom. The summed E-state index contributed by atoms with van der Waals surface area (Å²) >= 11 is 0. The molecule has 0 saturated carbocycles. The molecule has 0 radical (unpaired) electrons. The van der Waals surface area contributed by atoms with Gasteiger partial charge in [-0.2, -0.15) is 0 Å². The van der Waals surface area contributed by atoms with Gasteiger partial charge in [-0.05, 0) is 53.6 Å². The van der Waals surface area contributed by atoms with Gasteiger partial charge in [0.25, 0.3) is 5.91 Å². The predicted molar refractivity (Wildman–Crippen MR) is 99.1 cm³/mol. The third-order valence-corrected chi connectivity index (χ3v) is 4.52. The predicted octanol–water partition coefficient (Wildman–Crippen LogP) is 4.53. The van der Waals surface area contributed by atoms with Crippen LogP contribution in [0.5, 0.6) is 0 Å². The Morgan fingerprint density at radius 2 is 1.74 bits per heavy atom. The van der Waals surface area contributed by atoms with Crippen molar-refractivity contribution < 1.29 is 18.7 Å². The number of hydrogen-bond acceptors (Lipinski definition) is 3. The molecule has 3 aromatic carbocycles. The van der Waals surface area contributed by atoms with E-state index in [0.29, 0.717) is 23.2 Å². The van der Waals surface area contributed by atoms with E-state index >= 15 is 0 Å². The fraction of sp³-hybridized carbons (Fsp3) is 0.0909. The maximum Gasteiger partial charge on any atom is 0.339 e. The van der Waals surface area contributed by atoms with Gasteiger partial charge in [-0.25, -0.2) is 9.18 Å². The number of carbonyl (C=O) groups is 2. The lowest BCUT2D eigenvalue weighted by atomic mass is 9.93. The first-order chi connectivity index (χ1) is 13.1. The van der Waals surface area contributed by atoms with Gasteiger partial charge in [-0.15, -0.1) is 0 Å². The molecule has 5 heteroatoms. The number of nitrogens with one attached hydrogen (secondary N) is 1. The van der Waals surface area contributed by atoms with Gasteiger partial charge in [0.1, 0.15) is 11.9 Å². The molecule has 1 amide bonds. The molecule has 0 spiro atoms. The lowest BCUT2D eigenvalue weighted by Crippen LogP contribution is -2.23. The molecule has 4 nitrogen and oxygen atoms in total. The van der Waals surface area contributed by atoms with E-state index in [1.54, 1.807) is 18.2 Å². The highest BCUT2D eigenvalue weighted by molar-refractivity contribution is 6.05. The summed E-state index contributed by atoms with van der Waals surface area (Å²) in [6, 6.07) is 20.0. The summed E-state index contributed by atoms with van der Waals surface area (Å²) in [6.45, 7) is 0. The Labute approximate surface area is 155 Å². The zero-order valence-corrected chi connectivity index (χ0v) is 14.3. The second kappa shape index (κ2) is 7.03.